The highest BCUT2D eigenvalue weighted by atomic mass is 16.6. The van der Waals surface area contributed by atoms with Gasteiger partial charge in [0.15, 0.2) is 0 Å². The van der Waals surface area contributed by atoms with Gasteiger partial charge in [0.25, 0.3) is 0 Å². The van der Waals surface area contributed by atoms with E-state index < -0.39 is 4.92 Å². The highest BCUT2D eigenvalue weighted by molar-refractivity contribution is 5.58. The summed E-state index contributed by atoms with van der Waals surface area (Å²) in [6.07, 6.45) is 3.26. The molecule has 19 heavy (non-hydrogen) atoms. The van der Waals surface area contributed by atoms with Gasteiger partial charge in [-0.2, -0.15) is 0 Å². The molecule has 1 aliphatic rings. The van der Waals surface area contributed by atoms with E-state index in [0.29, 0.717) is 18.3 Å². The normalized spacial score (nSPS) is 19.4. The molecule has 1 saturated heterocycles. The Bertz CT molecular complexity index is 463. The monoisotopic (exact) mass is 265 g/mol. The zero-order chi connectivity index (χ0) is 13.8. The molecule has 1 aliphatic heterocycles. The summed E-state index contributed by atoms with van der Waals surface area (Å²) in [5, 5.41) is 10.7. The number of piperidine rings is 1. The molecule has 104 valence electrons. The second-order valence-electron chi connectivity index (χ2n) is 4.86. The van der Waals surface area contributed by atoms with Crippen molar-refractivity contribution >= 4 is 17.3 Å². The predicted octanol–water partition coefficient (Wildman–Crippen LogP) is 1.14. The molecular formula is C12H19N5O2. The van der Waals surface area contributed by atoms with Gasteiger partial charge in [-0.1, -0.05) is 0 Å². The average Bonchev–Trinajstić information content (AvgIpc) is 2.39. The molecule has 4 N–H and O–H groups in total. The minimum Gasteiger partial charge on any atom is -0.378 e. The van der Waals surface area contributed by atoms with E-state index in [9.17, 15) is 10.1 Å². The molecule has 0 amide bonds. The Labute approximate surface area is 111 Å². The molecule has 2 rings (SSSR count). The van der Waals surface area contributed by atoms with Crippen LogP contribution < -0.4 is 16.4 Å². The van der Waals surface area contributed by atoms with Crippen LogP contribution in [0.3, 0.4) is 0 Å². The molecule has 7 nitrogen and oxygen atoms in total. The van der Waals surface area contributed by atoms with E-state index in [-0.39, 0.29) is 11.5 Å². The Kier molecular flexibility index (Phi) is 4.16. The number of nitrogens with two attached hydrogens (primary N) is 2. The first-order valence-electron chi connectivity index (χ1n) is 6.47. The Morgan fingerprint density at radius 3 is 2.95 bits per heavy atom. The van der Waals surface area contributed by atoms with Crippen LogP contribution >= 0.6 is 0 Å². The Balaban J connectivity index is 2.13. The molecule has 0 spiro atoms. The highest BCUT2D eigenvalue weighted by Crippen LogP contribution is 2.27. The molecule has 0 saturated carbocycles. The van der Waals surface area contributed by atoms with Crippen LogP contribution in [-0.4, -0.2) is 29.5 Å². The number of nitrogens with zero attached hydrogens (tertiary/aromatic N) is 3. The van der Waals surface area contributed by atoms with Gasteiger partial charge in [-0.05, 0) is 37.8 Å². The fraction of sp³-hybridized carbons (Fsp3) is 0.583. The summed E-state index contributed by atoms with van der Waals surface area (Å²) in [6.45, 7) is 2.49. The largest absolute Gasteiger partial charge is 0.378 e. The molecular weight excluding hydrogens is 246 g/mol. The molecule has 1 unspecified atom stereocenters. The summed E-state index contributed by atoms with van der Waals surface area (Å²) in [5.74, 6) is 1.25. The van der Waals surface area contributed by atoms with Gasteiger partial charge in [-0.3, -0.25) is 10.1 Å². The van der Waals surface area contributed by atoms with Crippen molar-refractivity contribution in [2.75, 3.05) is 30.3 Å². The summed E-state index contributed by atoms with van der Waals surface area (Å²) >= 11 is 0. The van der Waals surface area contributed by atoms with Gasteiger partial charge in [-0.15, -0.1) is 0 Å². The molecule has 0 aromatic carbocycles. The maximum Gasteiger partial charge on any atom is 0.311 e. The van der Waals surface area contributed by atoms with Gasteiger partial charge in [-0.25, -0.2) is 4.98 Å². The first-order chi connectivity index (χ1) is 9.11. The topological polar surface area (TPSA) is 111 Å². The number of pyridine rings is 1. The van der Waals surface area contributed by atoms with Gasteiger partial charge in [0, 0.05) is 19.2 Å². The standard InChI is InChI=1S/C12H19N5O2/c13-6-5-9-2-1-7-16(8-9)11-4-3-10(17(18)19)12(14)15-11/h3-4,9H,1-2,5-8,13H2,(H2,14,15). The maximum atomic E-state index is 10.7. The average molecular weight is 265 g/mol. The summed E-state index contributed by atoms with van der Waals surface area (Å²) in [7, 11) is 0. The first-order valence-corrected chi connectivity index (χ1v) is 6.47. The number of hydrogen-bond donors (Lipinski definition) is 2. The number of hydrogen-bond acceptors (Lipinski definition) is 6. The lowest BCUT2D eigenvalue weighted by Crippen LogP contribution is -2.36. The third-order valence-corrected chi connectivity index (χ3v) is 3.50. The van der Waals surface area contributed by atoms with Crippen molar-refractivity contribution in [2.45, 2.75) is 19.3 Å². The van der Waals surface area contributed by atoms with Gasteiger partial charge in [0.1, 0.15) is 5.82 Å². The lowest BCUT2D eigenvalue weighted by atomic mass is 9.95. The molecule has 0 bridgehead atoms. The van der Waals surface area contributed by atoms with Crippen LogP contribution in [0.1, 0.15) is 19.3 Å². The number of anilines is 2. The SMILES string of the molecule is NCCC1CCCN(c2ccc([N+](=O)[O-])c(N)n2)C1. The van der Waals surface area contributed by atoms with Crippen LogP contribution in [0.25, 0.3) is 0 Å². The van der Waals surface area contributed by atoms with E-state index >= 15 is 0 Å². The lowest BCUT2D eigenvalue weighted by Gasteiger charge is -2.33. The van der Waals surface area contributed by atoms with E-state index in [2.05, 4.69) is 9.88 Å². The fourth-order valence-electron chi connectivity index (χ4n) is 2.53. The van der Waals surface area contributed by atoms with Crippen LogP contribution in [0.4, 0.5) is 17.3 Å². The lowest BCUT2D eigenvalue weighted by molar-refractivity contribution is -0.384. The van der Waals surface area contributed by atoms with Crippen molar-refractivity contribution < 1.29 is 4.92 Å². The van der Waals surface area contributed by atoms with Gasteiger partial charge >= 0.3 is 5.69 Å². The van der Waals surface area contributed by atoms with Crippen molar-refractivity contribution in [1.29, 1.82) is 0 Å². The maximum absolute atomic E-state index is 10.7. The number of nitrogen functional groups attached to an aromatic ring is 1. The molecule has 0 aliphatic carbocycles. The molecule has 1 aromatic rings. The van der Waals surface area contributed by atoms with Crippen LogP contribution in [0.15, 0.2) is 12.1 Å². The first kappa shape index (κ1) is 13.5. The van der Waals surface area contributed by atoms with Crippen LogP contribution in [0.2, 0.25) is 0 Å². The molecule has 7 heteroatoms. The van der Waals surface area contributed by atoms with Crippen molar-refractivity contribution in [1.82, 2.24) is 4.98 Å². The van der Waals surface area contributed by atoms with Crippen molar-refractivity contribution in [2.24, 2.45) is 11.7 Å². The minimum absolute atomic E-state index is 0.0246. The zero-order valence-electron chi connectivity index (χ0n) is 10.8. The van der Waals surface area contributed by atoms with Crippen molar-refractivity contribution in [3.05, 3.63) is 22.2 Å². The molecule has 0 radical (unpaired) electrons. The minimum atomic E-state index is -0.514. The number of rotatable bonds is 4. The van der Waals surface area contributed by atoms with E-state index in [4.69, 9.17) is 11.5 Å². The molecule has 1 atom stereocenters. The third kappa shape index (κ3) is 3.11. The van der Waals surface area contributed by atoms with Crippen LogP contribution in [-0.2, 0) is 0 Å². The summed E-state index contributed by atoms with van der Waals surface area (Å²) in [6, 6.07) is 3.09. The van der Waals surface area contributed by atoms with Crippen molar-refractivity contribution in [3.63, 3.8) is 0 Å². The number of nitro groups is 1. The van der Waals surface area contributed by atoms with E-state index in [0.717, 1.165) is 25.9 Å². The highest BCUT2D eigenvalue weighted by Gasteiger charge is 2.22. The third-order valence-electron chi connectivity index (χ3n) is 3.50. The van der Waals surface area contributed by atoms with Gasteiger partial charge in [0.2, 0.25) is 5.82 Å². The quantitative estimate of drug-likeness (QED) is 0.623. The van der Waals surface area contributed by atoms with Crippen LogP contribution in [0.5, 0.6) is 0 Å². The van der Waals surface area contributed by atoms with E-state index in [1.807, 2.05) is 0 Å². The summed E-state index contributed by atoms with van der Waals surface area (Å²) in [4.78, 5) is 16.5. The van der Waals surface area contributed by atoms with E-state index in [1.54, 1.807) is 6.07 Å². The smallest absolute Gasteiger partial charge is 0.311 e. The fourth-order valence-corrected chi connectivity index (χ4v) is 2.53. The summed E-state index contributed by atoms with van der Waals surface area (Å²) in [5.41, 5.74) is 11.1. The Morgan fingerprint density at radius 1 is 1.53 bits per heavy atom. The zero-order valence-corrected chi connectivity index (χ0v) is 10.8. The van der Waals surface area contributed by atoms with Gasteiger partial charge in [0.05, 0.1) is 4.92 Å². The Morgan fingerprint density at radius 2 is 2.32 bits per heavy atom. The predicted molar refractivity (Wildman–Crippen MR) is 73.9 cm³/mol. The Hall–Kier alpha value is -1.89. The van der Waals surface area contributed by atoms with E-state index in [1.165, 1.54) is 12.5 Å². The van der Waals surface area contributed by atoms with Crippen molar-refractivity contribution in [3.8, 4) is 0 Å². The molecule has 1 fully saturated rings. The second kappa shape index (κ2) is 5.83. The second-order valence-corrected chi connectivity index (χ2v) is 4.86. The number of aromatic nitrogens is 1. The van der Waals surface area contributed by atoms with Gasteiger partial charge < -0.3 is 16.4 Å². The molecule has 1 aromatic heterocycles. The van der Waals surface area contributed by atoms with Crippen LogP contribution in [0, 0.1) is 16.0 Å². The summed E-state index contributed by atoms with van der Waals surface area (Å²) < 4.78 is 0. The molecule has 2 heterocycles.